The van der Waals surface area contributed by atoms with Crippen LogP contribution in [-0.2, 0) is 29.2 Å². The SMILES string of the molecule is CN=C(NCc1ccc(COCc2ccccc2)cc1)NCC1(C)CCCO1.I. The summed E-state index contributed by atoms with van der Waals surface area (Å²) in [5, 5.41) is 6.73. The van der Waals surface area contributed by atoms with Crippen molar-refractivity contribution in [1.29, 1.82) is 0 Å². The highest BCUT2D eigenvalue weighted by atomic mass is 127. The molecule has 6 heteroatoms. The molecule has 2 aromatic carbocycles. The van der Waals surface area contributed by atoms with Gasteiger partial charge in [-0.1, -0.05) is 54.6 Å². The first kappa shape index (κ1) is 23.6. The molecule has 1 saturated heterocycles. The fourth-order valence-corrected chi connectivity index (χ4v) is 3.27. The topological polar surface area (TPSA) is 54.9 Å². The molecule has 3 rings (SSSR count). The summed E-state index contributed by atoms with van der Waals surface area (Å²) in [6.07, 6.45) is 2.22. The zero-order valence-electron chi connectivity index (χ0n) is 17.3. The average Bonchev–Trinajstić information content (AvgIpc) is 3.17. The summed E-state index contributed by atoms with van der Waals surface area (Å²) in [6, 6.07) is 18.7. The van der Waals surface area contributed by atoms with Crippen LogP contribution in [0, 0.1) is 0 Å². The Morgan fingerprint density at radius 1 is 1.00 bits per heavy atom. The summed E-state index contributed by atoms with van der Waals surface area (Å²) < 4.78 is 11.6. The number of guanidine groups is 1. The number of aliphatic imine (C=N–C) groups is 1. The number of halogens is 1. The van der Waals surface area contributed by atoms with Gasteiger partial charge in [0.05, 0.1) is 18.8 Å². The van der Waals surface area contributed by atoms with Crippen molar-refractivity contribution in [2.45, 2.75) is 45.1 Å². The van der Waals surface area contributed by atoms with E-state index in [1.807, 2.05) is 18.2 Å². The monoisotopic (exact) mass is 509 g/mol. The Morgan fingerprint density at radius 2 is 1.66 bits per heavy atom. The predicted molar refractivity (Wildman–Crippen MR) is 129 cm³/mol. The molecule has 29 heavy (non-hydrogen) atoms. The summed E-state index contributed by atoms with van der Waals surface area (Å²) >= 11 is 0. The van der Waals surface area contributed by atoms with Crippen LogP contribution in [0.25, 0.3) is 0 Å². The minimum atomic E-state index is -0.0843. The Morgan fingerprint density at radius 3 is 2.28 bits per heavy atom. The van der Waals surface area contributed by atoms with E-state index in [1.165, 1.54) is 16.7 Å². The predicted octanol–water partition coefficient (Wildman–Crippen LogP) is 4.26. The fourth-order valence-electron chi connectivity index (χ4n) is 3.27. The number of rotatable bonds is 8. The number of benzene rings is 2. The van der Waals surface area contributed by atoms with E-state index in [0.717, 1.165) is 38.5 Å². The molecule has 1 atom stereocenters. The van der Waals surface area contributed by atoms with Gasteiger partial charge in [0.25, 0.3) is 0 Å². The van der Waals surface area contributed by atoms with Gasteiger partial charge in [0.15, 0.2) is 5.96 Å². The molecule has 2 aromatic rings. The quantitative estimate of drug-likeness (QED) is 0.318. The number of hydrogen-bond donors (Lipinski definition) is 2. The highest BCUT2D eigenvalue weighted by Crippen LogP contribution is 2.23. The van der Waals surface area contributed by atoms with Crippen LogP contribution < -0.4 is 10.6 Å². The van der Waals surface area contributed by atoms with E-state index >= 15 is 0 Å². The lowest BCUT2D eigenvalue weighted by molar-refractivity contribution is 0.0243. The zero-order chi connectivity index (χ0) is 19.7. The number of nitrogens with zero attached hydrogens (tertiary/aromatic N) is 1. The van der Waals surface area contributed by atoms with Gasteiger partial charge in [-0.2, -0.15) is 0 Å². The molecule has 158 valence electrons. The highest BCUT2D eigenvalue weighted by Gasteiger charge is 2.29. The molecule has 0 aromatic heterocycles. The van der Waals surface area contributed by atoms with E-state index in [1.54, 1.807) is 7.05 Å². The Hall–Kier alpha value is -1.64. The van der Waals surface area contributed by atoms with Gasteiger partial charge in [0.1, 0.15) is 0 Å². The van der Waals surface area contributed by atoms with E-state index in [0.29, 0.717) is 13.2 Å². The zero-order valence-corrected chi connectivity index (χ0v) is 19.6. The minimum Gasteiger partial charge on any atom is -0.373 e. The van der Waals surface area contributed by atoms with Gasteiger partial charge in [-0.15, -0.1) is 24.0 Å². The molecule has 0 aliphatic carbocycles. The van der Waals surface area contributed by atoms with Crippen LogP contribution in [-0.4, -0.2) is 31.8 Å². The molecular formula is C23H32IN3O2. The molecule has 0 amide bonds. The Labute approximate surface area is 191 Å². The number of hydrogen-bond acceptors (Lipinski definition) is 3. The second-order valence-electron chi connectivity index (χ2n) is 7.48. The number of ether oxygens (including phenoxy) is 2. The third-order valence-electron chi connectivity index (χ3n) is 5.02. The minimum absolute atomic E-state index is 0. The van der Waals surface area contributed by atoms with E-state index in [4.69, 9.17) is 9.47 Å². The Bertz CT molecular complexity index is 744. The van der Waals surface area contributed by atoms with E-state index in [-0.39, 0.29) is 29.6 Å². The molecule has 1 heterocycles. The van der Waals surface area contributed by atoms with Gasteiger partial charge >= 0.3 is 0 Å². The van der Waals surface area contributed by atoms with Gasteiger partial charge in [-0.25, -0.2) is 0 Å². The standard InChI is InChI=1S/C23H31N3O2.HI/c1-23(13-6-14-28-23)18-26-22(24-2)25-15-19-9-11-21(12-10-19)17-27-16-20-7-4-3-5-8-20;/h3-5,7-12H,6,13-18H2,1-2H3,(H2,24,25,26);1H. The van der Waals surface area contributed by atoms with Gasteiger partial charge in [0.2, 0.25) is 0 Å². The van der Waals surface area contributed by atoms with Crippen molar-refractivity contribution >= 4 is 29.9 Å². The van der Waals surface area contributed by atoms with Crippen LogP contribution in [0.2, 0.25) is 0 Å². The van der Waals surface area contributed by atoms with Gasteiger partial charge in [-0.05, 0) is 36.5 Å². The van der Waals surface area contributed by atoms with Crippen molar-refractivity contribution in [3.05, 3.63) is 71.3 Å². The maximum atomic E-state index is 5.81. The first-order chi connectivity index (χ1) is 13.7. The summed E-state index contributed by atoms with van der Waals surface area (Å²) in [7, 11) is 1.79. The van der Waals surface area contributed by atoms with Crippen molar-refractivity contribution < 1.29 is 9.47 Å². The first-order valence-electron chi connectivity index (χ1n) is 9.95. The summed E-state index contributed by atoms with van der Waals surface area (Å²) in [5.41, 5.74) is 3.49. The van der Waals surface area contributed by atoms with Crippen LogP contribution in [0.3, 0.4) is 0 Å². The molecule has 2 N–H and O–H groups in total. The lowest BCUT2D eigenvalue weighted by atomic mass is 10.0. The molecule has 5 nitrogen and oxygen atoms in total. The largest absolute Gasteiger partial charge is 0.373 e. The Balaban J connectivity index is 0.00000300. The van der Waals surface area contributed by atoms with Crippen LogP contribution in [0.5, 0.6) is 0 Å². The smallest absolute Gasteiger partial charge is 0.191 e. The van der Waals surface area contributed by atoms with Crippen molar-refractivity contribution in [3.8, 4) is 0 Å². The van der Waals surface area contributed by atoms with Crippen LogP contribution in [0.4, 0.5) is 0 Å². The molecule has 1 aliphatic heterocycles. The lowest BCUT2D eigenvalue weighted by Gasteiger charge is -2.24. The molecule has 1 fully saturated rings. The molecule has 1 unspecified atom stereocenters. The van der Waals surface area contributed by atoms with E-state index in [9.17, 15) is 0 Å². The van der Waals surface area contributed by atoms with Gasteiger partial charge in [-0.3, -0.25) is 4.99 Å². The van der Waals surface area contributed by atoms with Crippen molar-refractivity contribution in [1.82, 2.24) is 10.6 Å². The first-order valence-corrected chi connectivity index (χ1v) is 9.95. The molecular weight excluding hydrogens is 477 g/mol. The molecule has 0 spiro atoms. The second-order valence-corrected chi connectivity index (χ2v) is 7.48. The van der Waals surface area contributed by atoms with Crippen LogP contribution in [0.15, 0.2) is 59.6 Å². The summed E-state index contributed by atoms with van der Waals surface area (Å²) in [4.78, 5) is 4.30. The maximum Gasteiger partial charge on any atom is 0.191 e. The molecule has 0 bridgehead atoms. The third kappa shape index (κ3) is 7.95. The highest BCUT2D eigenvalue weighted by molar-refractivity contribution is 14.0. The van der Waals surface area contributed by atoms with Crippen molar-refractivity contribution in [3.63, 3.8) is 0 Å². The van der Waals surface area contributed by atoms with Gasteiger partial charge < -0.3 is 20.1 Å². The van der Waals surface area contributed by atoms with Crippen LogP contribution >= 0.6 is 24.0 Å². The van der Waals surface area contributed by atoms with Crippen molar-refractivity contribution in [2.75, 3.05) is 20.2 Å². The molecule has 0 radical (unpaired) electrons. The fraction of sp³-hybridized carbons (Fsp3) is 0.435. The third-order valence-corrected chi connectivity index (χ3v) is 5.02. The summed E-state index contributed by atoms with van der Waals surface area (Å²) in [5.74, 6) is 0.798. The Kier molecular flexibility index (Phi) is 9.90. The molecule has 1 aliphatic rings. The summed E-state index contributed by atoms with van der Waals surface area (Å²) in [6.45, 7) is 5.75. The maximum absolute atomic E-state index is 5.81. The normalized spacial score (nSPS) is 18.9. The van der Waals surface area contributed by atoms with Crippen molar-refractivity contribution in [2.24, 2.45) is 4.99 Å². The van der Waals surface area contributed by atoms with Crippen LogP contribution in [0.1, 0.15) is 36.5 Å². The number of nitrogens with one attached hydrogen (secondary N) is 2. The van der Waals surface area contributed by atoms with E-state index < -0.39 is 0 Å². The van der Waals surface area contributed by atoms with Gasteiger partial charge in [0, 0.05) is 26.7 Å². The van der Waals surface area contributed by atoms with E-state index in [2.05, 4.69) is 58.9 Å². The lowest BCUT2D eigenvalue weighted by Crippen LogP contribution is -2.45. The average molecular weight is 509 g/mol. The molecule has 0 saturated carbocycles. The second kappa shape index (κ2) is 12.1.